The zero-order valence-electron chi connectivity index (χ0n) is 12.0. The summed E-state index contributed by atoms with van der Waals surface area (Å²) in [5, 5.41) is 11.9. The minimum Gasteiger partial charge on any atom is -0.481 e. The fourth-order valence-electron chi connectivity index (χ4n) is 1.85. The monoisotopic (exact) mass is 278 g/mol. The average molecular weight is 278 g/mol. The van der Waals surface area contributed by atoms with E-state index in [0.29, 0.717) is 12.1 Å². The minimum atomic E-state index is -0.937. The Hall–Kier alpha value is -2.04. The van der Waals surface area contributed by atoms with Crippen LogP contribution in [0.3, 0.4) is 0 Å². The molecule has 0 radical (unpaired) electrons. The molecule has 110 valence electrons. The van der Waals surface area contributed by atoms with E-state index in [1.54, 1.807) is 36.2 Å². The molecule has 1 aromatic carbocycles. The van der Waals surface area contributed by atoms with Crippen LogP contribution in [0.4, 0.5) is 4.79 Å². The molecule has 0 heterocycles. The summed E-state index contributed by atoms with van der Waals surface area (Å²) in [5.41, 5.74) is 0.691. The summed E-state index contributed by atoms with van der Waals surface area (Å²) >= 11 is 0. The largest absolute Gasteiger partial charge is 0.481 e. The van der Waals surface area contributed by atoms with E-state index in [-0.39, 0.29) is 12.6 Å². The molecule has 1 rings (SSSR count). The van der Waals surface area contributed by atoms with Crippen LogP contribution in [-0.4, -0.2) is 42.1 Å². The molecule has 0 saturated heterocycles. The van der Waals surface area contributed by atoms with Crippen molar-refractivity contribution in [1.82, 2.24) is 10.2 Å². The number of carboxylic acids is 1. The van der Waals surface area contributed by atoms with Gasteiger partial charge in [-0.05, 0) is 12.0 Å². The Balaban J connectivity index is 2.56. The molecule has 0 aromatic heterocycles. The first-order chi connectivity index (χ1) is 9.56. The van der Waals surface area contributed by atoms with Crippen molar-refractivity contribution in [2.45, 2.75) is 25.7 Å². The van der Waals surface area contributed by atoms with Gasteiger partial charge in [0.25, 0.3) is 0 Å². The molecular weight excluding hydrogens is 256 g/mol. The quantitative estimate of drug-likeness (QED) is 0.804. The lowest BCUT2D eigenvalue weighted by Gasteiger charge is -2.19. The first-order valence-electron chi connectivity index (χ1n) is 6.83. The van der Waals surface area contributed by atoms with Crippen LogP contribution in [0.15, 0.2) is 30.3 Å². The normalized spacial score (nSPS) is 11.7. The summed E-state index contributed by atoms with van der Waals surface area (Å²) in [6.07, 6.45) is 1.95. The number of carboxylic acid groups (broad SMARTS) is 1. The highest BCUT2D eigenvalue weighted by molar-refractivity contribution is 5.79. The molecule has 1 atom stereocenters. The number of carbonyl (C=O) groups excluding carboxylic acids is 1. The molecular formula is C15H22N2O3. The lowest BCUT2D eigenvalue weighted by Crippen LogP contribution is -2.40. The first-order valence-corrected chi connectivity index (χ1v) is 6.83. The second kappa shape index (κ2) is 8.19. The molecule has 20 heavy (non-hydrogen) atoms. The molecule has 0 fully saturated rings. The highest BCUT2D eigenvalue weighted by Crippen LogP contribution is 2.14. The molecule has 5 heteroatoms. The van der Waals surface area contributed by atoms with E-state index in [0.717, 1.165) is 12.8 Å². The summed E-state index contributed by atoms with van der Waals surface area (Å²) in [6, 6.07) is 8.69. The van der Waals surface area contributed by atoms with Gasteiger partial charge in [-0.15, -0.1) is 0 Å². The van der Waals surface area contributed by atoms with Crippen molar-refractivity contribution >= 4 is 12.0 Å². The van der Waals surface area contributed by atoms with Crippen molar-refractivity contribution in [2.75, 3.05) is 20.1 Å². The number of carbonyl (C=O) groups is 2. The van der Waals surface area contributed by atoms with Gasteiger partial charge in [0.15, 0.2) is 0 Å². The van der Waals surface area contributed by atoms with Crippen molar-refractivity contribution in [3.05, 3.63) is 35.9 Å². The zero-order valence-corrected chi connectivity index (χ0v) is 12.0. The zero-order chi connectivity index (χ0) is 15.0. The van der Waals surface area contributed by atoms with Crippen LogP contribution in [0.2, 0.25) is 0 Å². The predicted molar refractivity (Wildman–Crippen MR) is 77.8 cm³/mol. The smallest absolute Gasteiger partial charge is 0.317 e. The first kappa shape index (κ1) is 16.0. The van der Waals surface area contributed by atoms with Crippen LogP contribution in [0.25, 0.3) is 0 Å². The fraction of sp³-hybridized carbons (Fsp3) is 0.467. The van der Waals surface area contributed by atoms with E-state index in [1.807, 2.05) is 6.07 Å². The van der Waals surface area contributed by atoms with Crippen molar-refractivity contribution in [1.29, 1.82) is 0 Å². The van der Waals surface area contributed by atoms with E-state index in [1.165, 1.54) is 0 Å². The second-order valence-electron chi connectivity index (χ2n) is 4.76. The second-order valence-corrected chi connectivity index (χ2v) is 4.76. The maximum atomic E-state index is 11.8. The Morgan fingerprint density at radius 1 is 1.30 bits per heavy atom. The van der Waals surface area contributed by atoms with Gasteiger partial charge in [-0.1, -0.05) is 43.7 Å². The Kier molecular flexibility index (Phi) is 6.56. The third-order valence-electron chi connectivity index (χ3n) is 3.15. The highest BCUT2D eigenvalue weighted by atomic mass is 16.4. The molecule has 5 nitrogen and oxygen atoms in total. The molecule has 0 aliphatic rings. The maximum absolute atomic E-state index is 11.8. The van der Waals surface area contributed by atoms with E-state index in [4.69, 9.17) is 0 Å². The van der Waals surface area contributed by atoms with Crippen LogP contribution in [0.1, 0.15) is 31.2 Å². The number of hydrogen-bond acceptors (Lipinski definition) is 2. The van der Waals surface area contributed by atoms with Crippen LogP contribution in [0.5, 0.6) is 0 Å². The van der Waals surface area contributed by atoms with Gasteiger partial charge in [0, 0.05) is 20.1 Å². The number of hydrogen-bond donors (Lipinski definition) is 2. The third-order valence-corrected chi connectivity index (χ3v) is 3.15. The van der Waals surface area contributed by atoms with Gasteiger partial charge in [-0.25, -0.2) is 4.79 Å². The molecule has 2 N–H and O–H groups in total. The third kappa shape index (κ3) is 4.91. The summed E-state index contributed by atoms with van der Waals surface area (Å²) in [6.45, 7) is 2.82. The van der Waals surface area contributed by atoms with Crippen LogP contribution >= 0.6 is 0 Å². The van der Waals surface area contributed by atoms with Crippen molar-refractivity contribution in [3.63, 3.8) is 0 Å². The van der Waals surface area contributed by atoms with Gasteiger partial charge >= 0.3 is 12.0 Å². The topological polar surface area (TPSA) is 69.6 Å². The van der Waals surface area contributed by atoms with E-state index >= 15 is 0 Å². The lowest BCUT2D eigenvalue weighted by atomic mass is 9.99. The Bertz CT molecular complexity index is 434. The van der Waals surface area contributed by atoms with Gasteiger partial charge in [0.1, 0.15) is 0 Å². The number of amides is 2. The van der Waals surface area contributed by atoms with Gasteiger partial charge in [0.2, 0.25) is 0 Å². The highest BCUT2D eigenvalue weighted by Gasteiger charge is 2.21. The van der Waals surface area contributed by atoms with Crippen LogP contribution in [-0.2, 0) is 4.79 Å². The van der Waals surface area contributed by atoms with Crippen LogP contribution < -0.4 is 5.32 Å². The Labute approximate surface area is 119 Å². The van der Waals surface area contributed by atoms with E-state index in [9.17, 15) is 14.7 Å². The molecule has 1 aromatic rings. The molecule has 0 saturated carbocycles. The number of nitrogens with zero attached hydrogens (tertiary/aromatic N) is 1. The standard InChI is InChI=1S/C15H22N2O3/c1-3-4-10-17(2)15(20)16-11-13(14(18)19)12-8-6-5-7-9-12/h5-9,13H,3-4,10-11H2,1-2H3,(H,16,20)(H,18,19). The number of unbranched alkanes of at least 4 members (excludes halogenated alkanes) is 1. The van der Waals surface area contributed by atoms with Crippen molar-refractivity contribution in [2.24, 2.45) is 0 Å². The molecule has 1 unspecified atom stereocenters. The number of urea groups is 1. The summed E-state index contributed by atoms with van der Waals surface area (Å²) in [5.74, 6) is -1.66. The fourth-order valence-corrected chi connectivity index (χ4v) is 1.85. The molecule has 0 bridgehead atoms. The maximum Gasteiger partial charge on any atom is 0.317 e. The van der Waals surface area contributed by atoms with E-state index in [2.05, 4.69) is 12.2 Å². The summed E-state index contributed by atoms with van der Waals surface area (Å²) in [4.78, 5) is 24.7. The summed E-state index contributed by atoms with van der Waals surface area (Å²) < 4.78 is 0. The number of benzene rings is 1. The van der Waals surface area contributed by atoms with Crippen molar-refractivity contribution < 1.29 is 14.7 Å². The molecule has 0 spiro atoms. The minimum absolute atomic E-state index is 0.0919. The number of aliphatic carboxylic acids is 1. The van der Waals surface area contributed by atoms with Gasteiger partial charge in [-0.3, -0.25) is 4.79 Å². The van der Waals surface area contributed by atoms with Crippen molar-refractivity contribution in [3.8, 4) is 0 Å². The van der Waals surface area contributed by atoms with Crippen LogP contribution in [0, 0.1) is 0 Å². The SMILES string of the molecule is CCCCN(C)C(=O)NCC(C(=O)O)c1ccccc1. The molecule has 0 aliphatic heterocycles. The Morgan fingerprint density at radius 2 is 1.95 bits per heavy atom. The average Bonchev–Trinajstić information content (AvgIpc) is 2.45. The number of rotatable bonds is 7. The lowest BCUT2D eigenvalue weighted by molar-refractivity contribution is -0.138. The predicted octanol–water partition coefficient (Wildman–Crippen LogP) is 2.30. The van der Waals surface area contributed by atoms with Gasteiger partial charge in [0.05, 0.1) is 5.92 Å². The molecule has 2 amide bonds. The molecule has 0 aliphatic carbocycles. The van der Waals surface area contributed by atoms with Gasteiger partial charge < -0.3 is 15.3 Å². The summed E-state index contributed by atoms with van der Waals surface area (Å²) in [7, 11) is 1.71. The number of nitrogens with one attached hydrogen (secondary N) is 1. The van der Waals surface area contributed by atoms with Gasteiger partial charge in [-0.2, -0.15) is 0 Å². The van der Waals surface area contributed by atoms with E-state index < -0.39 is 11.9 Å². The Morgan fingerprint density at radius 3 is 2.50 bits per heavy atom.